The third-order valence-electron chi connectivity index (χ3n) is 4.46. The van der Waals surface area contributed by atoms with Gasteiger partial charge in [0.15, 0.2) is 0 Å². The van der Waals surface area contributed by atoms with E-state index in [1.165, 1.54) is 0 Å². The number of hydrogen-bond acceptors (Lipinski definition) is 5. The molecule has 0 saturated carbocycles. The van der Waals surface area contributed by atoms with Crippen LogP contribution in [-0.4, -0.2) is 60.5 Å². The van der Waals surface area contributed by atoms with Crippen LogP contribution < -0.4 is 15.0 Å². The number of amides is 2. The van der Waals surface area contributed by atoms with E-state index in [1.807, 2.05) is 30.0 Å². The number of carbonyl (C=O) groups excluding carboxylic acids is 2. The maximum Gasteiger partial charge on any atom is 0.224 e. The number of hydrogen-bond donors (Lipinski definition) is 1. The van der Waals surface area contributed by atoms with Gasteiger partial charge in [0.25, 0.3) is 0 Å². The molecule has 3 rings (SSSR count). The maximum atomic E-state index is 12.4. The SMILES string of the molecule is CCOc1cccc(N2CCN(C(=O)CC3CCC(=O)N3)CC2)n1. The monoisotopic (exact) mass is 332 g/mol. The number of ether oxygens (including phenoxy) is 1. The Morgan fingerprint density at radius 3 is 2.79 bits per heavy atom. The van der Waals surface area contributed by atoms with Crippen LogP contribution >= 0.6 is 0 Å². The summed E-state index contributed by atoms with van der Waals surface area (Å²) in [5.41, 5.74) is 0. The van der Waals surface area contributed by atoms with Crippen LogP contribution in [0.5, 0.6) is 5.88 Å². The van der Waals surface area contributed by atoms with Gasteiger partial charge in [0.1, 0.15) is 5.82 Å². The van der Waals surface area contributed by atoms with Crippen LogP contribution in [0.3, 0.4) is 0 Å². The molecule has 2 aliphatic rings. The third-order valence-corrected chi connectivity index (χ3v) is 4.46. The highest BCUT2D eigenvalue weighted by Crippen LogP contribution is 2.18. The molecule has 24 heavy (non-hydrogen) atoms. The molecular weight excluding hydrogens is 308 g/mol. The first kappa shape index (κ1) is 16.5. The zero-order valence-electron chi connectivity index (χ0n) is 14.0. The molecule has 1 aromatic heterocycles. The van der Waals surface area contributed by atoms with E-state index < -0.39 is 0 Å². The Kier molecular flexibility index (Phi) is 5.17. The van der Waals surface area contributed by atoms with Gasteiger partial charge >= 0.3 is 0 Å². The highest BCUT2D eigenvalue weighted by Gasteiger charge is 2.27. The Morgan fingerprint density at radius 2 is 2.12 bits per heavy atom. The largest absolute Gasteiger partial charge is 0.478 e. The summed E-state index contributed by atoms with van der Waals surface area (Å²) in [6.45, 7) is 5.40. The number of piperazine rings is 1. The van der Waals surface area contributed by atoms with Crippen LogP contribution in [0.1, 0.15) is 26.2 Å². The number of nitrogens with zero attached hydrogens (tertiary/aromatic N) is 3. The zero-order valence-corrected chi connectivity index (χ0v) is 14.0. The summed E-state index contributed by atoms with van der Waals surface area (Å²) in [5.74, 6) is 1.69. The van der Waals surface area contributed by atoms with Gasteiger partial charge in [-0.1, -0.05) is 6.07 Å². The van der Waals surface area contributed by atoms with Crippen LogP contribution in [0.15, 0.2) is 18.2 Å². The summed E-state index contributed by atoms with van der Waals surface area (Å²) in [6, 6.07) is 5.76. The van der Waals surface area contributed by atoms with Gasteiger partial charge in [0.2, 0.25) is 17.7 Å². The van der Waals surface area contributed by atoms with Gasteiger partial charge in [-0.05, 0) is 19.4 Å². The zero-order chi connectivity index (χ0) is 16.9. The summed E-state index contributed by atoms with van der Waals surface area (Å²) in [7, 11) is 0. The minimum atomic E-state index is 0.00701. The van der Waals surface area contributed by atoms with Gasteiger partial charge < -0.3 is 19.9 Å². The van der Waals surface area contributed by atoms with Crippen molar-refractivity contribution in [1.82, 2.24) is 15.2 Å². The van der Waals surface area contributed by atoms with Crippen LogP contribution in [0.25, 0.3) is 0 Å². The Balaban J connectivity index is 1.51. The molecule has 1 atom stereocenters. The number of rotatable bonds is 5. The van der Waals surface area contributed by atoms with E-state index in [0.29, 0.717) is 38.4 Å². The molecule has 0 radical (unpaired) electrons. The van der Waals surface area contributed by atoms with E-state index in [1.54, 1.807) is 0 Å². The summed E-state index contributed by atoms with van der Waals surface area (Å²) in [4.78, 5) is 32.1. The Bertz CT molecular complexity index is 599. The van der Waals surface area contributed by atoms with Crippen molar-refractivity contribution in [2.24, 2.45) is 0 Å². The van der Waals surface area contributed by atoms with E-state index in [-0.39, 0.29) is 17.9 Å². The summed E-state index contributed by atoms with van der Waals surface area (Å²) < 4.78 is 5.44. The average molecular weight is 332 g/mol. The lowest BCUT2D eigenvalue weighted by molar-refractivity contribution is -0.132. The molecule has 3 heterocycles. The van der Waals surface area contributed by atoms with E-state index in [2.05, 4.69) is 15.2 Å². The van der Waals surface area contributed by atoms with Gasteiger partial charge in [0.05, 0.1) is 6.61 Å². The fourth-order valence-electron chi connectivity index (χ4n) is 3.16. The molecule has 0 aliphatic carbocycles. The molecule has 7 nitrogen and oxygen atoms in total. The van der Waals surface area contributed by atoms with E-state index >= 15 is 0 Å². The second-order valence-corrected chi connectivity index (χ2v) is 6.14. The molecule has 2 saturated heterocycles. The van der Waals surface area contributed by atoms with Crippen LogP contribution in [0, 0.1) is 0 Å². The first-order valence-electron chi connectivity index (χ1n) is 8.57. The standard InChI is InChI=1S/C17H24N4O3/c1-2-24-16-5-3-4-14(19-16)20-8-10-21(11-9-20)17(23)12-13-6-7-15(22)18-13/h3-5,13H,2,6-12H2,1H3,(H,18,22). The van der Waals surface area contributed by atoms with Crippen molar-refractivity contribution in [2.45, 2.75) is 32.2 Å². The van der Waals surface area contributed by atoms with Crippen molar-refractivity contribution in [2.75, 3.05) is 37.7 Å². The fraction of sp³-hybridized carbons (Fsp3) is 0.588. The lowest BCUT2D eigenvalue weighted by Gasteiger charge is -2.36. The Hall–Kier alpha value is -2.31. The first-order valence-corrected chi connectivity index (χ1v) is 8.57. The molecule has 0 bridgehead atoms. The second-order valence-electron chi connectivity index (χ2n) is 6.14. The van der Waals surface area contributed by atoms with Crippen LogP contribution in [0.4, 0.5) is 5.82 Å². The molecule has 0 aromatic carbocycles. The van der Waals surface area contributed by atoms with Crippen molar-refractivity contribution in [3.63, 3.8) is 0 Å². The van der Waals surface area contributed by atoms with Crippen molar-refractivity contribution in [3.8, 4) is 5.88 Å². The van der Waals surface area contributed by atoms with Crippen LogP contribution in [-0.2, 0) is 9.59 Å². The molecule has 2 amide bonds. The number of aromatic nitrogens is 1. The van der Waals surface area contributed by atoms with Crippen LogP contribution in [0.2, 0.25) is 0 Å². The van der Waals surface area contributed by atoms with Gasteiger partial charge in [-0.3, -0.25) is 9.59 Å². The number of anilines is 1. The molecule has 1 N–H and O–H groups in total. The van der Waals surface area contributed by atoms with Gasteiger partial charge in [0, 0.05) is 51.1 Å². The molecule has 130 valence electrons. The molecule has 2 fully saturated rings. The van der Waals surface area contributed by atoms with E-state index in [9.17, 15) is 9.59 Å². The van der Waals surface area contributed by atoms with E-state index in [4.69, 9.17) is 4.74 Å². The molecular formula is C17H24N4O3. The lowest BCUT2D eigenvalue weighted by Crippen LogP contribution is -2.50. The Morgan fingerprint density at radius 1 is 1.33 bits per heavy atom. The third kappa shape index (κ3) is 3.96. The number of carbonyl (C=O) groups is 2. The van der Waals surface area contributed by atoms with Crippen molar-refractivity contribution < 1.29 is 14.3 Å². The van der Waals surface area contributed by atoms with Crippen molar-refractivity contribution in [1.29, 1.82) is 0 Å². The quantitative estimate of drug-likeness (QED) is 0.863. The predicted molar refractivity (Wildman–Crippen MR) is 90.0 cm³/mol. The minimum absolute atomic E-state index is 0.00701. The average Bonchev–Trinajstić information content (AvgIpc) is 3.00. The molecule has 1 aromatic rings. The number of nitrogens with one attached hydrogen (secondary N) is 1. The molecule has 1 unspecified atom stereocenters. The molecule has 0 spiro atoms. The smallest absolute Gasteiger partial charge is 0.224 e. The summed E-state index contributed by atoms with van der Waals surface area (Å²) in [6.07, 6.45) is 1.70. The highest BCUT2D eigenvalue weighted by atomic mass is 16.5. The second kappa shape index (κ2) is 7.51. The minimum Gasteiger partial charge on any atom is -0.478 e. The first-order chi connectivity index (χ1) is 11.7. The predicted octanol–water partition coefficient (Wildman–Crippen LogP) is 0.798. The normalized spacial score (nSPS) is 20.9. The Labute approximate surface area is 142 Å². The summed E-state index contributed by atoms with van der Waals surface area (Å²) >= 11 is 0. The van der Waals surface area contributed by atoms with Crippen molar-refractivity contribution in [3.05, 3.63) is 18.2 Å². The van der Waals surface area contributed by atoms with Crippen molar-refractivity contribution >= 4 is 17.6 Å². The fourth-order valence-corrected chi connectivity index (χ4v) is 3.16. The number of pyridine rings is 1. The van der Waals surface area contributed by atoms with E-state index in [0.717, 1.165) is 25.3 Å². The molecule has 2 aliphatic heterocycles. The topological polar surface area (TPSA) is 74.8 Å². The molecule has 7 heteroatoms. The summed E-state index contributed by atoms with van der Waals surface area (Å²) in [5, 5.41) is 2.86. The lowest BCUT2D eigenvalue weighted by atomic mass is 10.1. The van der Waals surface area contributed by atoms with Gasteiger partial charge in [-0.2, -0.15) is 4.98 Å². The maximum absolute atomic E-state index is 12.4. The highest BCUT2D eigenvalue weighted by molar-refractivity contribution is 5.82. The van der Waals surface area contributed by atoms with Gasteiger partial charge in [-0.15, -0.1) is 0 Å². The van der Waals surface area contributed by atoms with Gasteiger partial charge in [-0.25, -0.2) is 0 Å².